The van der Waals surface area contributed by atoms with E-state index in [2.05, 4.69) is 4.98 Å². The smallest absolute Gasteiger partial charge is 0.254 e. The molecule has 0 aliphatic carbocycles. The second-order valence-electron chi connectivity index (χ2n) is 5.14. The predicted molar refractivity (Wildman–Crippen MR) is 80.4 cm³/mol. The summed E-state index contributed by atoms with van der Waals surface area (Å²) in [4.78, 5) is 18.0. The summed E-state index contributed by atoms with van der Waals surface area (Å²) in [5.74, 6) is 0.363. The van der Waals surface area contributed by atoms with E-state index >= 15 is 0 Å². The number of rotatable bonds is 3. The van der Waals surface area contributed by atoms with E-state index in [4.69, 9.17) is 15.3 Å². The molecule has 0 unspecified atom stereocenters. The fourth-order valence-electron chi connectivity index (χ4n) is 2.24. The number of carbonyl (C=O) groups excluding carboxylic acids is 1. The van der Waals surface area contributed by atoms with Gasteiger partial charge < -0.3 is 9.64 Å². The molecular weight excluding hydrogens is 292 g/mol. The fraction of sp³-hybridized carbons (Fsp3) is 0.176. The molecule has 0 atom stereocenters. The molecule has 0 N–H and O–H groups in total. The number of nitriles is 2. The number of pyridine rings is 1. The molecule has 1 aliphatic heterocycles. The van der Waals surface area contributed by atoms with E-state index in [0.29, 0.717) is 35.7 Å². The molecule has 1 saturated heterocycles. The van der Waals surface area contributed by atoms with E-state index in [-0.39, 0.29) is 12.0 Å². The monoisotopic (exact) mass is 304 g/mol. The Morgan fingerprint density at radius 2 is 1.74 bits per heavy atom. The van der Waals surface area contributed by atoms with Crippen molar-refractivity contribution >= 4 is 5.91 Å². The normalized spacial score (nSPS) is 13.6. The molecule has 1 aliphatic rings. The van der Waals surface area contributed by atoms with Gasteiger partial charge in [0.1, 0.15) is 12.2 Å². The molecule has 0 radical (unpaired) electrons. The number of aromatic nitrogens is 1. The van der Waals surface area contributed by atoms with Gasteiger partial charge in [-0.05, 0) is 30.3 Å². The van der Waals surface area contributed by atoms with Crippen LogP contribution in [0.25, 0.3) is 0 Å². The van der Waals surface area contributed by atoms with Crippen molar-refractivity contribution in [1.29, 1.82) is 10.5 Å². The van der Waals surface area contributed by atoms with Crippen LogP contribution in [0.3, 0.4) is 0 Å². The Kier molecular flexibility index (Phi) is 3.90. The summed E-state index contributed by atoms with van der Waals surface area (Å²) in [5.41, 5.74) is 1.56. The van der Waals surface area contributed by atoms with Gasteiger partial charge in [0, 0.05) is 17.8 Å². The third-order valence-electron chi connectivity index (χ3n) is 3.55. The quantitative estimate of drug-likeness (QED) is 0.861. The van der Waals surface area contributed by atoms with Crippen molar-refractivity contribution in [3.05, 3.63) is 59.3 Å². The van der Waals surface area contributed by atoms with Crippen molar-refractivity contribution in [2.75, 3.05) is 13.1 Å². The first-order valence-corrected chi connectivity index (χ1v) is 7.02. The average molecular weight is 304 g/mol. The summed E-state index contributed by atoms with van der Waals surface area (Å²) in [6.07, 6.45) is 1.35. The average Bonchev–Trinajstić information content (AvgIpc) is 2.58. The second-order valence-corrected chi connectivity index (χ2v) is 5.14. The Balaban J connectivity index is 1.54. The fourth-order valence-corrected chi connectivity index (χ4v) is 2.24. The van der Waals surface area contributed by atoms with Gasteiger partial charge >= 0.3 is 0 Å². The Labute approximate surface area is 133 Å². The van der Waals surface area contributed by atoms with Crippen molar-refractivity contribution in [3.63, 3.8) is 0 Å². The molecule has 0 bridgehead atoms. The van der Waals surface area contributed by atoms with Crippen LogP contribution < -0.4 is 4.74 Å². The molecule has 3 rings (SSSR count). The number of carbonyl (C=O) groups is 1. The van der Waals surface area contributed by atoms with E-state index in [9.17, 15) is 4.79 Å². The maximum absolute atomic E-state index is 12.2. The Hall–Kier alpha value is -3.38. The lowest BCUT2D eigenvalue weighted by Gasteiger charge is -2.38. The largest absolute Gasteiger partial charge is 0.471 e. The topological polar surface area (TPSA) is 90.0 Å². The van der Waals surface area contributed by atoms with Crippen LogP contribution in [0.4, 0.5) is 0 Å². The van der Waals surface area contributed by atoms with Crippen molar-refractivity contribution in [2.24, 2.45) is 0 Å². The molecule has 1 aromatic heterocycles. The summed E-state index contributed by atoms with van der Waals surface area (Å²) in [6.45, 7) is 0.973. The van der Waals surface area contributed by atoms with Gasteiger partial charge in [-0.1, -0.05) is 0 Å². The lowest BCUT2D eigenvalue weighted by atomic mass is 10.1. The summed E-state index contributed by atoms with van der Waals surface area (Å²) in [6, 6.07) is 13.8. The highest BCUT2D eigenvalue weighted by Crippen LogP contribution is 2.19. The molecular formula is C17H12N4O2. The molecule has 23 heavy (non-hydrogen) atoms. The molecule has 1 amide bonds. The van der Waals surface area contributed by atoms with Gasteiger partial charge in [-0.2, -0.15) is 10.5 Å². The minimum Gasteiger partial charge on any atom is -0.471 e. The number of ether oxygens (including phenoxy) is 1. The van der Waals surface area contributed by atoms with E-state index in [1.165, 1.54) is 6.20 Å². The molecule has 1 fully saturated rings. The van der Waals surface area contributed by atoms with E-state index in [1.54, 1.807) is 41.3 Å². The number of hydrogen-bond acceptors (Lipinski definition) is 5. The van der Waals surface area contributed by atoms with Crippen LogP contribution in [-0.4, -0.2) is 35.0 Å². The van der Waals surface area contributed by atoms with E-state index in [1.807, 2.05) is 12.1 Å². The summed E-state index contributed by atoms with van der Waals surface area (Å²) >= 11 is 0. The maximum Gasteiger partial charge on any atom is 0.254 e. The number of nitrogens with zero attached hydrogens (tertiary/aromatic N) is 4. The highest BCUT2D eigenvalue weighted by molar-refractivity contribution is 5.94. The van der Waals surface area contributed by atoms with Gasteiger partial charge in [-0.15, -0.1) is 0 Å². The zero-order valence-corrected chi connectivity index (χ0v) is 12.1. The molecule has 2 aromatic rings. The third-order valence-corrected chi connectivity index (χ3v) is 3.55. The standard InChI is InChI=1S/C17H12N4O2/c18-7-12-1-4-14(5-2-12)17(22)21-10-15(11-21)23-16-6-3-13(8-19)9-20-16/h1-6,9,15H,10-11H2. The first-order valence-electron chi connectivity index (χ1n) is 7.02. The Morgan fingerprint density at radius 3 is 2.30 bits per heavy atom. The summed E-state index contributed by atoms with van der Waals surface area (Å²) in [5, 5.41) is 17.5. The van der Waals surface area contributed by atoms with Crippen LogP contribution >= 0.6 is 0 Å². The van der Waals surface area contributed by atoms with Crippen molar-refractivity contribution in [3.8, 4) is 18.0 Å². The van der Waals surface area contributed by atoms with Crippen LogP contribution in [0.2, 0.25) is 0 Å². The first kappa shape index (κ1) is 14.6. The Morgan fingerprint density at radius 1 is 1.09 bits per heavy atom. The highest BCUT2D eigenvalue weighted by atomic mass is 16.5. The van der Waals surface area contributed by atoms with Gasteiger partial charge in [-0.3, -0.25) is 4.79 Å². The van der Waals surface area contributed by atoms with Crippen LogP contribution in [0.1, 0.15) is 21.5 Å². The SMILES string of the molecule is N#Cc1ccc(C(=O)N2CC(Oc3ccc(C#N)cn3)C2)cc1. The number of amides is 1. The summed E-state index contributed by atoms with van der Waals surface area (Å²) in [7, 11) is 0. The van der Waals surface area contributed by atoms with Gasteiger partial charge in [0.25, 0.3) is 5.91 Å². The zero-order valence-electron chi connectivity index (χ0n) is 12.1. The van der Waals surface area contributed by atoms with Crippen molar-refractivity contribution in [2.45, 2.75) is 6.10 Å². The molecule has 112 valence electrons. The van der Waals surface area contributed by atoms with Crippen molar-refractivity contribution in [1.82, 2.24) is 9.88 Å². The molecule has 6 heteroatoms. The minimum absolute atomic E-state index is 0.0814. The maximum atomic E-state index is 12.2. The van der Waals surface area contributed by atoms with Gasteiger partial charge in [-0.25, -0.2) is 4.98 Å². The first-order chi connectivity index (χ1) is 11.2. The van der Waals surface area contributed by atoms with Gasteiger partial charge in [0.2, 0.25) is 5.88 Å². The molecule has 2 heterocycles. The summed E-state index contributed by atoms with van der Waals surface area (Å²) < 4.78 is 5.65. The zero-order chi connectivity index (χ0) is 16.2. The van der Waals surface area contributed by atoms with Crippen LogP contribution in [-0.2, 0) is 0 Å². The van der Waals surface area contributed by atoms with Crippen molar-refractivity contribution < 1.29 is 9.53 Å². The van der Waals surface area contributed by atoms with Gasteiger partial charge in [0.05, 0.1) is 30.3 Å². The van der Waals surface area contributed by atoms with Crippen LogP contribution in [0.15, 0.2) is 42.6 Å². The molecule has 0 spiro atoms. The lowest BCUT2D eigenvalue weighted by molar-refractivity contribution is 0.0160. The van der Waals surface area contributed by atoms with E-state index in [0.717, 1.165) is 0 Å². The van der Waals surface area contributed by atoms with E-state index < -0.39 is 0 Å². The Bertz CT molecular complexity index is 794. The predicted octanol–water partition coefficient (Wildman–Crippen LogP) is 1.73. The van der Waals surface area contributed by atoms with Crippen LogP contribution in [0.5, 0.6) is 5.88 Å². The highest BCUT2D eigenvalue weighted by Gasteiger charge is 2.33. The molecule has 1 aromatic carbocycles. The minimum atomic E-state index is -0.0993. The molecule has 0 saturated carbocycles. The third kappa shape index (κ3) is 3.12. The number of likely N-dealkylation sites (tertiary alicyclic amines) is 1. The molecule has 6 nitrogen and oxygen atoms in total. The second kappa shape index (κ2) is 6.17. The van der Waals surface area contributed by atoms with Crippen LogP contribution in [0, 0.1) is 22.7 Å². The number of hydrogen-bond donors (Lipinski definition) is 0. The lowest BCUT2D eigenvalue weighted by Crippen LogP contribution is -2.56. The van der Waals surface area contributed by atoms with Gasteiger partial charge in [0.15, 0.2) is 0 Å². The number of benzene rings is 1.